The Hall–Kier alpha value is -3.29. The van der Waals surface area contributed by atoms with Gasteiger partial charge in [0.15, 0.2) is 5.78 Å². The normalized spacial score (nSPS) is 17.4. The highest BCUT2D eigenvalue weighted by Crippen LogP contribution is 2.27. The molecule has 2 fully saturated rings. The lowest BCUT2D eigenvalue weighted by Crippen LogP contribution is -2.49. The largest absolute Gasteiger partial charge is 0.444 e. The summed E-state index contributed by atoms with van der Waals surface area (Å²) in [5, 5.41) is 0. The number of ketones is 1. The second-order valence-electron chi connectivity index (χ2n) is 10.4. The van der Waals surface area contributed by atoms with Gasteiger partial charge < -0.3 is 24.0 Å². The highest BCUT2D eigenvalue weighted by Gasteiger charge is 2.30. The molecule has 0 unspecified atom stereocenters. The lowest BCUT2D eigenvalue weighted by molar-refractivity contribution is 0.0186. The second-order valence-corrected chi connectivity index (χ2v) is 10.4. The molecule has 2 saturated heterocycles. The van der Waals surface area contributed by atoms with E-state index >= 15 is 0 Å². The SMILES string of the molecule is CC(=O)c1ccc(N2CCN(C(=O)c3cccn3C3CCN(C(=O)OC(C)(C)C)CC3)CC2)cc1. The van der Waals surface area contributed by atoms with Gasteiger partial charge in [-0.25, -0.2) is 4.79 Å². The number of rotatable bonds is 4. The number of aromatic nitrogens is 1. The quantitative estimate of drug-likeness (QED) is 0.613. The molecule has 0 atom stereocenters. The molecule has 0 N–H and O–H groups in total. The number of nitrogens with zero attached hydrogens (tertiary/aromatic N) is 4. The van der Waals surface area contributed by atoms with Gasteiger partial charge >= 0.3 is 6.09 Å². The predicted octanol–water partition coefficient (Wildman–Crippen LogP) is 4.23. The van der Waals surface area contributed by atoms with Gasteiger partial charge in [-0.3, -0.25) is 9.59 Å². The van der Waals surface area contributed by atoms with Gasteiger partial charge in [0.05, 0.1) is 0 Å². The highest BCUT2D eigenvalue weighted by atomic mass is 16.6. The molecule has 2 aromatic rings. The van der Waals surface area contributed by atoms with Gasteiger partial charge in [-0.05, 0) is 76.9 Å². The summed E-state index contributed by atoms with van der Waals surface area (Å²) < 4.78 is 7.59. The first-order valence-corrected chi connectivity index (χ1v) is 12.4. The number of ether oxygens (including phenoxy) is 1. The van der Waals surface area contributed by atoms with E-state index in [4.69, 9.17) is 4.74 Å². The van der Waals surface area contributed by atoms with E-state index in [9.17, 15) is 14.4 Å². The molecule has 8 nitrogen and oxygen atoms in total. The fraction of sp³-hybridized carbons (Fsp3) is 0.519. The first-order chi connectivity index (χ1) is 16.6. The number of Topliss-reactive ketones (excluding diaryl/α,β-unsaturated/α-hetero) is 1. The Morgan fingerprint density at radius 1 is 0.857 bits per heavy atom. The molecule has 4 rings (SSSR count). The average molecular weight is 481 g/mol. The summed E-state index contributed by atoms with van der Waals surface area (Å²) in [6, 6.07) is 11.7. The maximum absolute atomic E-state index is 13.4. The predicted molar refractivity (Wildman–Crippen MR) is 135 cm³/mol. The number of hydrogen-bond acceptors (Lipinski definition) is 5. The summed E-state index contributed by atoms with van der Waals surface area (Å²) in [4.78, 5) is 43.2. The summed E-state index contributed by atoms with van der Waals surface area (Å²) >= 11 is 0. The molecule has 0 bridgehead atoms. The van der Waals surface area contributed by atoms with Gasteiger partial charge in [0.1, 0.15) is 11.3 Å². The number of carbonyl (C=O) groups is 3. The Morgan fingerprint density at radius 3 is 2.06 bits per heavy atom. The van der Waals surface area contributed by atoms with E-state index in [0.29, 0.717) is 37.4 Å². The maximum Gasteiger partial charge on any atom is 0.410 e. The summed E-state index contributed by atoms with van der Waals surface area (Å²) in [6.07, 6.45) is 3.29. The molecule has 8 heteroatoms. The molecule has 35 heavy (non-hydrogen) atoms. The molecule has 0 aliphatic carbocycles. The van der Waals surface area contributed by atoms with E-state index in [-0.39, 0.29) is 23.8 Å². The van der Waals surface area contributed by atoms with Crippen LogP contribution in [-0.2, 0) is 4.74 Å². The molecule has 2 aliphatic rings. The molecule has 1 aromatic heterocycles. The van der Waals surface area contributed by atoms with Crippen molar-refractivity contribution >= 4 is 23.5 Å². The second kappa shape index (κ2) is 10.1. The topological polar surface area (TPSA) is 75.1 Å². The van der Waals surface area contributed by atoms with Crippen LogP contribution in [0.5, 0.6) is 0 Å². The minimum absolute atomic E-state index is 0.0520. The number of likely N-dealkylation sites (tertiary alicyclic amines) is 1. The van der Waals surface area contributed by atoms with Crippen molar-refractivity contribution in [3.05, 3.63) is 53.9 Å². The first kappa shape index (κ1) is 24.8. The van der Waals surface area contributed by atoms with E-state index < -0.39 is 5.60 Å². The van der Waals surface area contributed by atoms with Gasteiger partial charge in [-0.2, -0.15) is 0 Å². The van der Waals surface area contributed by atoms with E-state index in [1.54, 1.807) is 11.8 Å². The molecular formula is C27H36N4O4. The smallest absolute Gasteiger partial charge is 0.410 e. The zero-order valence-corrected chi connectivity index (χ0v) is 21.2. The fourth-order valence-corrected chi connectivity index (χ4v) is 4.78. The molecule has 188 valence electrons. The van der Waals surface area contributed by atoms with Crippen molar-refractivity contribution in [1.82, 2.24) is 14.4 Å². The van der Waals surface area contributed by atoms with Crippen LogP contribution in [0.1, 0.15) is 67.4 Å². The summed E-state index contributed by atoms with van der Waals surface area (Å²) in [6.45, 7) is 11.2. The number of amides is 2. The number of piperidine rings is 1. The van der Waals surface area contributed by atoms with Crippen molar-refractivity contribution in [3.63, 3.8) is 0 Å². The molecule has 0 spiro atoms. The first-order valence-electron chi connectivity index (χ1n) is 12.4. The summed E-state index contributed by atoms with van der Waals surface area (Å²) in [5.41, 5.74) is 1.98. The third-order valence-corrected chi connectivity index (χ3v) is 6.71. The van der Waals surface area contributed by atoms with Gasteiger partial charge in [-0.15, -0.1) is 0 Å². The van der Waals surface area contributed by atoms with Crippen LogP contribution in [0.4, 0.5) is 10.5 Å². The molecule has 2 amide bonds. The van der Waals surface area contributed by atoms with Crippen LogP contribution in [0.15, 0.2) is 42.6 Å². The monoisotopic (exact) mass is 480 g/mol. The van der Waals surface area contributed by atoms with Crippen LogP contribution in [0.2, 0.25) is 0 Å². The van der Waals surface area contributed by atoms with Gasteiger partial charge in [0.2, 0.25) is 0 Å². The van der Waals surface area contributed by atoms with Crippen LogP contribution in [0.25, 0.3) is 0 Å². The maximum atomic E-state index is 13.4. The van der Waals surface area contributed by atoms with Crippen LogP contribution in [-0.4, -0.2) is 77.0 Å². The van der Waals surface area contributed by atoms with Gasteiger partial charge in [-0.1, -0.05) is 0 Å². The van der Waals surface area contributed by atoms with E-state index in [2.05, 4.69) is 9.47 Å². The number of piperazine rings is 1. The lowest BCUT2D eigenvalue weighted by atomic mass is 10.0. The standard InChI is InChI=1S/C27H36N4O4/c1-20(32)21-7-9-22(10-8-21)28-16-18-29(19-17-28)25(33)24-6-5-13-31(24)23-11-14-30(15-12-23)26(34)35-27(2,3)4/h5-10,13,23H,11-12,14-19H2,1-4H3. The van der Waals surface area contributed by atoms with Crippen molar-refractivity contribution in [2.45, 2.75) is 52.2 Å². The number of carbonyl (C=O) groups excluding carboxylic acids is 3. The Morgan fingerprint density at radius 2 is 1.49 bits per heavy atom. The Bertz CT molecular complexity index is 1050. The number of anilines is 1. The average Bonchev–Trinajstić information content (AvgIpc) is 3.33. The van der Waals surface area contributed by atoms with Crippen LogP contribution in [0, 0.1) is 0 Å². The lowest BCUT2D eigenvalue weighted by Gasteiger charge is -2.37. The van der Waals surface area contributed by atoms with Crippen LogP contribution >= 0.6 is 0 Å². The minimum Gasteiger partial charge on any atom is -0.444 e. The molecule has 0 saturated carbocycles. The Kier molecular flexibility index (Phi) is 7.19. The van der Waals surface area contributed by atoms with Crippen LogP contribution in [0.3, 0.4) is 0 Å². The summed E-state index contributed by atoms with van der Waals surface area (Å²) in [7, 11) is 0. The minimum atomic E-state index is -0.504. The van der Waals surface area contributed by atoms with Gasteiger partial charge in [0.25, 0.3) is 5.91 Å². The number of benzene rings is 1. The Labute approximate surface area is 207 Å². The van der Waals surface area contributed by atoms with E-state index in [0.717, 1.165) is 31.6 Å². The molecule has 1 aromatic carbocycles. The number of hydrogen-bond donors (Lipinski definition) is 0. The fourth-order valence-electron chi connectivity index (χ4n) is 4.78. The summed E-state index contributed by atoms with van der Waals surface area (Å²) in [5.74, 6) is 0.113. The Balaban J connectivity index is 1.33. The highest BCUT2D eigenvalue weighted by molar-refractivity contribution is 5.94. The van der Waals surface area contributed by atoms with Crippen LogP contribution < -0.4 is 4.90 Å². The third kappa shape index (κ3) is 5.86. The van der Waals surface area contributed by atoms with Crippen molar-refractivity contribution in [1.29, 1.82) is 0 Å². The van der Waals surface area contributed by atoms with Crippen molar-refractivity contribution in [2.24, 2.45) is 0 Å². The van der Waals surface area contributed by atoms with Crippen molar-refractivity contribution < 1.29 is 19.1 Å². The van der Waals surface area contributed by atoms with Crippen molar-refractivity contribution in [3.8, 4) is 0 Å². The molecule has 2 aliphatic heterocycles. The molecule has 3 heterocycles. The van der Waals surface area contributed by atoms with Gasteiger partial charge in [0, 0.05) is 62.8 Å². The third-order valence-electron chi connectivity index (χ3n) is 6.71. The zero-order valence-electron chi connectivity index (χ0n) is 21.2. The zero-order chi connectivity index (χ0) is 25.2. The van der Waals surface area contributed by atoms with E-state index in [1.807, 2.05) is 68.3 Å². The molecule has 0 radical (unpaired) electrons. The van der Waals surface area contributed by atoms with Crippen molar-refractivity contribution in [2.75, 3.05) is 44.2 Å². The molecular weight excluding hydrogens is 444 g/mol. The van der Waals surface area contributed by atoms with E-state index in [1.165, 1.54) is 0 Å².